The number of fused-ring (bicyclic) bond motifs is 3. The molecule has 2 amide bonds. The van der Waals surface area contributed by atoms with E-state index < -0.39 is 36.5 Å². The minimum absolute atomic E-state index is 0.00772. The molecule has 0 bridgehead atoms. The van der Waals surface area contributed by atoms with E-state index in [2.05, 4.69) is 10.3 Å². The minimum Gasteiger partial charge on any atom is -0.477 e. The zero-order chi connectivity index (χ0) is 25.0. The number of hydrogen-bond donors (Lipinski definition) is 4. The molecule has 0 aliphatic heterocycles. The summed E-state index contributed by atoms with van der Waals surface area (Å²) in [6, 6.07) is 17.7. The first-order valence-corrected chi connectivity index (χ1v) is 10.9. The summed E-state index contributed by atoms with van der Waals surface area (Å²) < 4.78 is 32.3. The number of benzene rings is 2. The summed E-state index contributed by atoms with van der Waals surface area (Å²) in [5, 5.41) is 12.9. The molecule has 1 atom stereocenters. The summed E-state index contributed by atoms with van der Waals surface area (Å²) in [4.78, 5) is 38.6. The molecule has 0 fully saturated rings. The van der Waals surface area contributed by atoms with Gasteiger partial charge in [0.2, 0.25) is 5.91 Å². The lowest BCUT2D eigenvalue weighted by molar-refractivity contribution is -0.164. The van der Waals surface area contributed by atoms with Crippen LogP contribution in [-0.4, -0.2) is 53.2 Å². The van der Waals surface area contributed by atoms with Crippen LogP contribution >= 0.6 is 0 Å². The Morgan fingerprint density at radius 3 is 2.20 bits per heavy atom. The van der Waals surface area contributed by atoms with Gasteiger partial charge in [-0.05, 0) is 34.4 Å². The molecule has 1 aromatic heterocycles. The van der Waals surface area contributed by atoms with Gasteiger partial charge in [-0.15, -0.1) is 0 Å². The maximum atomic E-state index is 13.4. The van der Waals surface area contributed by atoms with Crippen molar-refractivity contribution in [1.29, 1.82) is 0 Å². The molecule has 1 aliphatic carbocycles. The average Bonchev–Trinajstić information content (AvgIpc) is 3.47. The number of carboxylic acids is 1. The van der Waals surface area contributed by atoms with Gasteiger partial charge in [0.05, 0.1) is 6.54 Å². The molecule has 1 heterocycles. The Morgan fingerprint density at radius 2 is 1.63 bits per heavy atom. The first-order chi connectivity index (χ1) is 16.8. The Morgan fingerprint density at radius 1 is 1.00 bits per heavy atom. The van der Waals surface area contributed by atoms with Crippen LogP contribution in [0.1, 0.15) is 22.7 Å². The maximum Gasteiger partial charge on any atom is 0.407 e. The molecule has 8 nitrogen and oxygen atoms in total. The predicted molar refractivity (Wildman–Crippen MR) is 122 cm³/mol. The summed E-state index contributed by atoms with van der Waals surface area (Å²) in [6.45, 7) is -1.40. The van der Waals surface area contributed by atoms with Crippen molar-refractivity contribution in [2.75, 3.05) is 13.2 Å². The fourth-order valence-corrected chi connectivity index (χ4v) is 4.10. The van der Waals surface area contributed by atoms with E-state index in [0.717, 1.165) is 22.3 Å². The summed E-state index contributed by atoms with van der Waals surface area (Å²) in [5.41, 5.74) is 4.70. The number of hydrogen-bond acceptors (Lipinski definition) is 4. The maximum absolute atomic E-state index is 13.4. The van der Waals surface area contributed by atoms with Crippen LogP contribution in [0.25, 0.3) is 11.1 Å². The van der Waals surface area contributed by atoms with E-state index in [9.17, 15) is 23.2 Å². The highest BCUT2D eigenvalue weighted by atomic mass is 19.3. The van der Waals surface area contributed by atoms with Crippen molar-refractivity contribution in [1.82, 2.24) is 15.6 Å². The van der Waals surface area contributed by atoms with Crippen molar-refractivity contribution < 1.29 is 33.0 Å². The van der Waals surface area contributed by atoms with Crippen LogP contribution in [0.5, 0.6) is 0 Å². The van der Waals surface area contributed by atoms with Gasteiger partial charge in [0.15, 0.2) is 0 Å². The number of alkyl halides is 2. The topological polar surface area (TPSA) is 121 Å². The molecule has 4 rings (SSSR count). The van der Waals surface area contributed by atoms with Gasteiger partial charge in [0, 0.05) is 24.2 Å². The molecule has 0 radical (unpaired) electrons. The lowest BCUT2D eigenvalue weighted by Crippen LogP contribution is -2.51. The molecule has 0 saturated heterocycles. The number of carbonyl (C=O) groups is 3. The van der Waals surface area contributed by atoms with E-state index in [0.29, 0.717) is 5.69 Å². The molecule has 4 N–H and O–H groups in total. The van der Waals surface area contributed by atoms with Crippen LogP contribution < -0.4 is 10.6 Å². The largest absolute Gasteiger partial charge is 0.477 e. The second-order valence-electron chi connectivity index (χ2n) is 8.15. The van der Waals surface area contributed by atoms with Gasteiger partial charge in [-0.3, -0.25) is 4.79 Å². The number of alkyl carbamates (subject to hydrolysis) is 1. The predicted octanol–water partition coefficient (Wildman–Crippen LogP) is 3.30. The zero-order valence-electron chi connectivity index (χ0n) is 18.5. The number of rotatable bonds is 9. The van der Waals surface area contributed by atoms with Crippen LogP contribution in [0, 0.1) is 0 Å². The Labute approximate surface area is 199 Å². The number of H-pyrrole nitrogens is 1. The van der Waals surface area contributed by atoms with E-state index in [-0.39, 0.29) is 18.9 Å². The SMILES string of the molecule is O=C(NC(Cc1ccc[nH]1)C(=O)NCC(F)(F)C(=O)O)OCC1c2ccccc2-c2ccccc21. The molecule has 1 aliphatic rings. The molecule has 1 unspecified atom stereocenters. The first-order valence-electron chi connectivity index (χ1n) is 10.9. The van der Waals surface area contributed by atoms with Crippen LogP contribution in [0.3, 0.4) is 0 Å². The fourth-order valence-electron chi connectivity index (χ4n) is 4.10. The number of halogens is 2. The molecule has 182 valence electrons. The van der Waals surface area contributed by atoms with Crippen molar-refractivity contribution in [3.05, 3.63) is 83.7 Å². The molecule has 0 saturated carbocycles. The standard InChI is InChI=1S/C25H23F2N3O5/c26-25(27,23(32)33)14-29-22(31)21(12-15-6-5-11-28-15)30-24(34)35-13-20-18-9-3-1-7-16(18)17-8-2-4-10-19(17)20/h1-11,20-21,28H,12-14H2,(H,29,31)(H,30,34)(H,32,33). The van der Waals surface area contributed by atoms with Crippen molar-refractivity contribution in [2.24, 2.45) is 0 Å². The summed E-state index contributed by atoms with van der Waals surface area (Å²) in [6.07, 6.45) is 0.668. The van der Waals surface area contributed by atoms with E-state index in [1.165, 1.54) is 0 Å². The number of carboxylic acid groups (broad SMARTS) is 1. The molecule has 10 heteroatoms. The normalized spacial score (nSPS) is 13.4. The Balaban J connectivity index is 1.43. The van der Waals surface area contributed by atoms with Gasteiger partial charge in [-0.2, -0.15) is 8.78 Å². The smallest absolute Gasteiger partial charge is 0.407 e. The number of nitrogens with one attached hydrogen (secondary N) is 3. The van der Waals surface area contributed by atoms with Gasteiger partial charge in [0.25, 0.3) is 0 Å². The number of carbonyl (C=O) groups excluding carboxylic acids is 2. The summed E-state index contributed by atoms with van der Waals surface area (Å²) in [5.74, 6) is -7.66. The van der Waals surface area contributed by atoms with Gasteiger partial charge >= 0.3 is 18.0 Å². The average molecular weight is 483 g/mol. The van der Waals surface area contributed by atoms with E-state index >= 15 is 0 Å². The van der Waals surface area contributed by atoms with Crippen molar-refractivity contribution >= 4 is 18.0 Å². The van der Waals surface area contributed by atoms with E-state index in [1.807, 2.05) is 53.8 Å². The third kappa shape index (κ3) is 5.32. The number of aromatic amines is 1. The first kappa shape index (κ1) is 23.9. The Kier molecular flexibility index (Phi) is 6.81. The van der Waals surface area contributed by atoms with Crippen LogP contribution in [0.4, 0.5) is 13.6 Å². The van der Waals surface area contributed by atoms with E-state index in [1.54, 1.807) is 18.3 Å². The van der Waals surface area contributed by atoms with Gasteiger partial charge in [-0.25, -0.2) is 9.59 Å². The number of amides is 2. The Bertz CT molecular complexity index is 1180. The zero-order valence-corrected chi connectivity index (χ0v) is 18.5. The molecular formula is C25H23F2N3O5. The van der Waals surface area contributed by atoms with Gasteiger partial charge in [0.1, 0.15) is 12.6 Å². The van der Waals surface area contributed by atoms with Crippen molar-refractivity contribution in [3.63, 3.8) is 0 Å². The summed E-state index contributed by atoms with van der Waals surface area (Å²) >= 11 is 0. The Hall–Kier alpha value is -4.21. The fraction of sp³-hybridized carbons (Fsp3) is 0.240. The van der Waals surface area contributed by atoms with Crippen molar-refractivity contribution in [3.8, 4) is 11.1 Å². The van der Waals surface area contributed by atoms with Gasteiger partial charge < -0.3 is 25.5 Å². The molecule has 2 aromatic carbocycles. The number of aliphatic carboxylic acids is 1. The van der Waals surface area contributed by atoms with Crippen molar-refractivity contribution in [2.45, 2.75) is 24.3 Å². The van der Waals surface area contributed by atoms with Crippen LogP contribution in [-0.2, 0) is 20.7 Å². The second-order valence-corrected chi connectivity index (χ2v) is 8.15. The van der Waals surface area contributed by atoms with Gasteiger partial charge in [-0.1, -0.05) is 48.5 Å². The lowest BCUT2D eigenvalue weighted by atomic mass is 9.98. The molecule has 0 spiro atoms. The third-order valence-electron chi connectivity index (χ3n) is 5.84. The second kappa shape index (κ2) is 9.96. The summed E-state index contributed by atoms with van der Waals surface area (Å²) in [7, 11) is 0. The number of ether oxygens (including phenoxy) is 1. The number of aromatic nitrogens is 1. The van der Waals surface area contributed by atoms with Crippen LogP contribution in [0.15, 0.2) is 66.9 Å². The highest BCUT2D eigenvalue weighted by Gasteiger charge is 2.40. The monoisotopic (exact) mass is 483 g/mol. The highest BCUT2D eigenvalue weighted by Crippen LogP contribution is 2.44. The lowest BCUT2D eigenvalue weighted by Gasteiger charge is -2.20. The molecule has 3 aromatic rings. The minimum atomic E-state index is -4.14. The molecule has 35 heavy (non-hydrogen) atoms. The third-order valence-corrected chi connectivity index (χ3v) is 5.84. The highest BCUT2D eigenvalue weighted by molar-refractivity contribution is 5.87. The van der Waals surface area contributed by atoms with E-state index in [4.69, 9.17) is 9.84 Å². The van der Waals surface area contributed by atoms with Crippen LogP contribution in [0.2, 0.25) is 0 Å². The molecular weight excluding hydrogens is 460 g/mol. The quantitative estimate of drug-likeness (QED) is 0.372.